The van der Waals surface area contributed by atoms with E-state index in [1.165, 1.54) is 18.7 Å². The highest BCUT2D eigenvalue weighted by molar-refractivity contribution is 5.90. The SMILES string of the molecule is C=CC(=O)NCCN1C[C@@H]2CC2Oc2cc3ncnc(Nc4ccc(Oc5ccn6ncnc6c5)c(C)c4)c3nc21. The lowest BCUT2D eigenvalue weighted by Gasteiger charge is -2.24. The molecule has 2 atom stereocenters. The molecule has 1 aliphatic carbocycles. The zero-order valence-electron chi connectivity index (χ0n) is 22.3. The Bertz CT molecular complexity index is 1800. The van der Waals surface area contributed by atoms with Gasteiger partial charge in [0.1, 0.15) is 35.8 Å². The van der Waals surface area contributed by atoms with Crippen LogP contribution in [0.15, 0.2) is 67.9 Å². The molecule has 5 heterocycles. The third-order valence-electron chi connectivity index (χ3n) is 7.23. The van der Waals surface area contributed by atoms with Crippen molar-refractivity contribution in [3.63, 3.8) is 0 Å². The van der Waals surface area contributed by atoms with Crippen molar-refractivity contribution in [1.82, 2.24) is 34.9 Å². The van der Waals surface area contributed by atoms with Gasteiger partial charge in [-0.3, -0.25) is 4.79 Å². The predicted molar refractivity (Wildman–Crippen MR) is 153 cm³/mol. The van der Waals surface area contributed by atoms with Gasteiger partial charge in [0.25, 0.3) is 0 Å². The first-order valence-corrected chi connectivity index (χ1v) is 13.4. The number of amides is 1. The topological polar surface area (TPSA) is 132 Å². The summed E-state index contributed by atoms with van der Waals surface area (Å²) in [6, 6.07) is 11.4. The van der Waals surface area contributed by atoms with E-state index in [0.29, 0.717) is 53.0 Å². The van der Waals surface area contributed by atoms with Gasteiger partial charge < -0.3 is 25.0 Å². The molecule has 5 aromatic rings. The second kappa shape index (κ2) is 10.0. The van der Waals surface area contributed by atoms with Crippen LogP contribution in [0.1, 0.15) is 12.0 Å². The number of rotatable bonds is 8. The molecule has 4 aromatic heterocycles. The summed E-state index contributed by atoms with van der Waals surface area (Å²) in [7, 11) is 0. The van der Waals surface area contributed by atoms with Gasteiger partial charge in [0.2, 0.25) is 5.91 Å². The van der Waals surface area contributed by atoms with E-state index in [9.17, 15) is 4.79 Å². The summed E-state index contributed by atoms with van der Waals surface area (Å²) in [6.45, 7) is 7.38. The molecule has 0 spiro atoms. The van der Waals surface area contributed by atoms with Gasteiger partial charge in [-0.1, -0.05) is 6.58 Å². The molecule has 1 saturated carbocycles. The quantitative estimate of drug-likeness (QED) is 0.276. The number of carbonyl (C=O) groups is 1. The zero-order valence-corrected chi connectivity index (χ0v) is 22.3. The van der Waals surface area contributed by atoms with Gasteiger partial charge in [0, 0.05) is 49.6 Å². The zero-order chi connectivity index (χ0) is 27.9. The molecule has 12 heteroatoms. The maximum absolute atomic E-state index is 11.7. The maximum atomic E-state index is 11.7. The molecular formula is C29H27N9O3. The second-order valence-corrected chi connectivity index (χ2v) is 10.1. The Hall–Kier alpha value is -5.26. The van der Waals surface area contributed by atoms with Gasteiger partial charge in [0.15, 0.2) is 23.0 Å². The van der Waals surface area contributed by atoms with E-state index in [1.807, 2.05) is 49.5 Å². The molecule has 0 radical (unpaired) electrons. The molecule has 1 aromatic carbocycles. The number of nitrogens with one attached hydrogen (secondary N) is 2. The van der Waals surface area contributed by atoms with Gasteiger partial charge in [-0.05, 0) is 49.2 Å². The van der Waals surface area contributed by atoms with Crippen molar-refractivity contribution in [2.75, 3.05) is 29.9 Å². The van der Waals surface area contributed by atoms with Crippen LogP contribution in [-0.4, -0.2) is 61.2 Å². The molecular weight excluding hydrogens is 522 g/mol. The minimum Gasteiger partial charge on any atom is -0.486 e. The van der Waals surface area contributed by atoms with Gasteiger partial charge in [-0.2, -0.15) is 5.10 Å². The van der Waals surface area contributed by atoms with Crippen LogP contribution in [0.2, 0.25) is 0 Å². The van der Waals surface area contributed by atoms with Gasteiger partial charge in [0.05, 0.1) is 5.52 Å². The minimum atomic E-state index is -0.199. The first-order valence-electron chi connectivity index (χ1n) is 13.4. The number of fused-ring (bicyclic) bond motifs is 4. The number of pyridine rings is 2. The van der Waals surface area contributed by atoms with Crippen molar-refractivity contribution in [2.45, 2.75) is 19.4 Å². The predicted octanol–water partition coefficient (Wildman–Crippen LogP) is 3.80. The lowest BCUT2D eigenvalue weighted by atomic mass is 10.2. The van der Waals surface area contributed by atoms with Crippen LogP contribution in [0.25, 0.3) is 16.7 Å². The van der Waals surface area contributed by atoms with Crippen LogP contribution < -0.4 is 25.0 Å². The van der Waals surface area contributed by atoms with Crippen molar-refractivity contribution >= 4 is 39.9 Å². The Labute approximate surface area is 235 Å². The van der Waals surface area contributed by atoms with Crippen LogP contribution in [0, 0.1) is 12.8 Å². The van der Waals surface area contributed by atoms with E-state index in [-0.39, 0.29) is 12.0 Å². The van der Waals surface area contributed by atoms with Crippen LogP contribution >= 0.6 is 0 Å². The van der Waals surface area contributed by atoms with Crippen LogP contribution in [0.5, 0.6) is 17.2 Å². The van der Waals surface area contributed by atoms with Gasteiger partial charge >= 0.3 is 0 Å². The smallest absolute Gasteiger partial charge is 0.243 e. The summed E-state index contributed by atoms with van der Waals surface area (Å²) in [5, 5.41) is 10.4. The standard InChI is InChI=1S/C29H27N9O3/c1-3-26(39)30-7-9-37-14-18-11-23(18)41-24-13-21-27(36-29(24)37)28(33-15-31-21)35-19-4-5-22(17(2)10-19)40-20-6-8-38-25(12-20)32-16-34-38/h3-6,8,10,12-13,15-16,18,23H,1,7,9,11,14H2,2H3,(H,30,39)(H,31,33,35)/t18-,23?/m0/s1. The number of aryl methyl sites for hydroxylation is 1. The molecule has 7 rings (SSSR count). The van der Waals surface area contributed by atoms with Crippen LogP contribution in [0.3, 0.4) is 0 Å². The Morgan fingerprint density at radius 1 is 1.20 bits per heavy atom. The molecule has 41 heavy (non-hydrogen) atoms. The molecule has 1 fully saturated rings. The summed E-state index contributed by atoms with van der Waals surface area (Å²) in [4.78, 5) is 32.0. The van der Waals surface area contributed by atoms with E-state index in [4.69, 9.17) is 14.5 Å². The molecule has 1 aliphatic heterocycles. The van der Waals surface area contributed by atoms with E-state index >= 15 is 0 Å². The fraction of sp³-hybridized carbons (Fsp3) is 0.241. The van der Waals surface area contributed by atoms with E-state index < -0.39 is 0 Å². The van der Waals surface area contributed by atoms with Crippen molar-refractivity contribution in [2.24, 2.45) is 5.92 Å². The highest BCUT2D eigenvalue weighted by Crippen LogP contribution is 2.44. The van der Waals surface area contributed by atoms with Crippen molar-refractivity contribution in [3.05, 3.63) is 73.5 Å². The second-order valence-electron chi connectivity index (χ2n) is 10.1. The summed E-state index contributed by atoms with van der Waals surface area (Å²) >= 11 is 0. The summed E-state index contributed by atoms with van der Waals surface area (Å²) in [5.74, 6) is 3.64. The van der Waals surface area contributed by atoms with Crippen molar-refractivity contribution in [3.8, 4) is 17.2 Å². The van der Waals surface area contributed by atoms with E-state index in [2.05, 4.69) is 42.2 Å². The average Bonchev–Trinajstić information content (AvgIpc) is 3.56. The number of benzene rings is 1. The number of aromatic nitrogens is 6. The number of hydrogen-bond acceptors (Lipinski definition) is 10. The Balaban J connectivity index is 1.15. The summed E-state index contributed by atoms with van der Waals surface area (Å²) in [6.07, 6.45) is 7.30. The minimum absolute atomic E-state index is 0.183. The Morgan fingerprint density at radius 3 is 3.00 bits per heavy atom. The number of nitrogens with zero attached hydrogens (tertiary/aromatic N) is 7. The lowest BCUT2D eigenvalue weighted by Crippen LogP contribution is -2.35. The third kappa shape index (κ3) is 4.95. The van der Waals surface area contributed by atoms with Crippen molar-refractivity contribution in [1.29, 1.82) is 0 Å². The van der Waals surface area contributed by atoms with Crippen molar-refractivity contribution < 1.29 is 14.3 Å². The first kappa shape index (κ1) is 24.8. The first-order chi connectivity index (χ1) is 20.0. The van der Waals surface area contributed by atoms with E-state index in [1.54, 1.807) is 4.52 Å². The average molecular weight is 550 g/mol. The Morgan fingerprint density at radius 2 is 2.12 bits per heavy atom. The number of anilines is 3. The molecule has 2 aliphatic rings. The third-order valence-corrected chi connectivity index (χ3v) is 7.23. The maximum Gasteiger partial charge on any atom is 0.243 e. The Kier molecular flexibility index (Phi) is 6.07. The molecule has 206 valence electrons. The molecule has 1 amide bonds. The molecule has 12 nitrogen and oxygen atoms in total. The van der Waals surface area contributed by atoms with Crippen LogP contribution in [-0.2, 0) is 4.79 Å². The largest absolute Gasteiger partial charge is 0.486 e. The van der Waals surface area contributed by atoms with Crippen LogP contribution in [0.4, 0.5) is 17.3 Å². The number of hydrogen-bond donors (Lipinski definition) is 2. The fourth-order valence-corrected chi connectivity index (χ4v) is 5.00. The molecule has 1 unspecified atom stereocenters. The highest BCUT2D eigenvalue weighted by Gasteiger charge is 2.44. The summed E-state index contributed by atoms with van der Waals surface area (Å²) in [5.41, 5.74) is 3.80. The highest BCUT2D eigenvalue weighted by atomic mass is 16.5. The number of ether oxygens (including phenoxy) is 2. The fourth-order valence-electron chi connectivity index (χ4n) is 5.00. The van der Waals surface area contributed by atoms with Gasteiger partial charge in [-0.15, -0.1) is 0 Å². The monoisotopic (exact) mass is 549 g/mol. The normalized spacial score (nSPS) is 17.2. The molecule has 2 N–H and O–H groups in total. The van der Waals surface area contributed by atoms with E-state index in [0.717, 1.165) is 35.8 Å². The van der Waals surface area contributed by atoms with Gasteiger partial charge in [-0.25, -0.2) is 24.5 Å². The lowest BCUT2D eigenvalue weighted by molar-refractivity contribution is -0.116. The number of carbonyl (C=O) groups excluding carboxylic acids is 1. The summed E-state index contributed by atoms with van der Waals surface area (Å²) < 4.78 is 14.1. The molecule has 0 bridgehead atoms. The molecule has 0 saturated heterocycles.